The second-order valence-corrected chi connectivity index (χ2v) is 9.20. The number of nitrogens with one attached hydrogen (secondary N) is 4. The molecule has 4 aromatic rings. The molecule has 0 amide bonds. The summed E-state index contributed by atoms with van der Waals surface area (Å²) < 4.78 is 0. The Morgan fingerprint density at radius 3 is 2.11 bits per heavy atom. The minimum Gasteiger partial charge on any atom is -0.356 e. The van der Waals surface area contributed by atoms with Gasteiger partial charge in [-0.25, -0.2) is 9.97 Å². The highest BCUT2D eigenvalue weighted by Crippen LogP contribution is 2.18. The third-order valence-electron chi connectivity index (χ3n) is 5.23. The third-order valence-corrected chi connectivity index (χ3v) is 5.69. The van der Waals surface area contributed by atoms with E-state index >= 15 is 0 Å². The minimum atomic E-state index is 0.394. The molecular formula is C28H28ClN7S. The zero-order valence-corrected chi connectivity index (χ0v) is 22.2. The monoisotopic (exact) mass is 529 g/mol. The Bertz CT molecular complexity index is 1340. The van der Waals surface area contributed by atoms with Crippen molar-refractivity contribution in [2.24, 2.45) is 4.99 Å². The minimum absolute atomic E-state index is 0.394. The van der Waals surface area contributed by atoms with Crippen LogP contribution in [0.2, 0.25) is 5.02 Å². The van der Waals surface area contributed by atoms with Crippen LogP contribution in [-0.2, 0) is 6.42 Å². The maximum absolute atomic E-state index is 5.99. The van der Waals surface area contributed by atoms with Gasteiger partial charge in [-0.1, -0.05) is 41.9 Å². The van der Waals surface area contributed by atoms with Gasteiger partial charge in [0.1, 0.15) is 0 Å². The topological polar surface area (TPSA) is 86.3 Å². The standard InChI is InChI=1S/C28H28ClN7S/c1-19-18-20(2)32-27(31-19)35-26(30-17-16-21-8-10-22(29)11-9-21)36-28(37)34-25-14-12-24(13-15-25)33-23-6-4-3-5-7-23/h3-15,18,33H,16-17H2,1-2H3,(H3,30,31,32,34,35,36,37). The molecule has 0 radical (unpaired) electrons. The van der Waals surface area contributed by atoms with Crippen molar-refractivity contribution in [2.45, 2.75) is 20.3 Å². The molecule has 37 heavy (non-hydrogen) atoms. The molecular weight excluding hydrogens is 502 g/mol. The number of para-hydroxylation sites is 1. The number of hydrogen-bond donors (Lipinski definition) is 4. The Kier molecular flexibility index (Phi) is 9.02. The van der Waals surface area contributed by atoms with Gasteiger partial charge in [0.15, 0.2) is 5.11 Å². The van der Waals surface area contributed by atoms with Crippen molar-refractivity contribution < 1.29 is 0 Å². The van der Waals surface area contributed by atoms with Gasteiger partial charge in [-0.15, -0.1) is 0 Å². The van der Waals surface area contributed by atoms with Crippen LogP contribution in [0.4, 0.5) is 23.0 Å². The molecule has 0 fully saturated rings. The molecule has 7 nitrogen and oxygen atoms in total. The smallest absolute Gasteiger partial charge is 0.229 e. The van der Waals surface area contributed by atoms with E-state index in [0.29, 0.717) is 28.6 Å². The van der Waals surface area contributed by atoms with Crippen LogP contribution in [0.25, 0.3) is 0 Å². The molecule has 1 aromatic heterocycles. The number of aliphatic imine (C=N–C) groups is 1. The largest absolute Gasteiger partial charge is 0.356 e. The van der Waals surface area contributed by atoms with Gasteiger partial charge in [-0.3, -0.25) is 10.3 Å². The molecule has 0 atom stereocenters. The van der Waals surface area contributed by atoms with E-state index in [2.05, 4.69) is 36.2 Å². The molecule has 0 aliphatic carbocycles. The van der Waals surface area contributed by atoms with E-state index < -0.39 is 0 Å². The lowest BCUT2D eigenvalue weighted by molar-refractivity contribution is 0.956. The lowest BCUT2D eigenvalue weighted by Crippen LogP contribution is -2.39. The first-order chi connectivity index (χ1) is 17.9. The highest BCUT2D eigenvalue weighted by atomic mass is 35.5. The summed E-state index contributed by atoms with van der Waals surface area (Å²) in [5.41, 5.74) is 5.72. The lowest BCUT2D eigenvalue weighted by atomic mass is 10.1. The van der Waals surface area contributed by atoms with E-state index in [1.807, 2.05) is 98.8 Å². The molecule has 3 aromatic carbocycles. The van der Waals surface area contributed by atoms with Crippen LogP contribution in [0.5, 0.6) is 0 Å². The van der Waals surface area contributed by atoms with E-state index in [9.17, 15) is 0 Å². The predicted octanol–water partition coefficient (Wildman–Crippen LogP) is 6.49. The van der Waals surface area contributed by atoms with Crippen LogP contribution in [0.1, 0.15) is 17.0 Å². The van der Waals surface area contributed by atoms with Gasteiger partial charge in [-0.2, -0.15) is 0 Å². The normalized spacial score (nSPS) is 11.1. The summed E-state index contributed by atoms with van der Waals surface area (Å²) in [6.45, 7) is 4.38. The number of thiocarbonyl (C=S) groups is 1. The van der Waals surface area contributed by atoms with Crippen LogP contribution < -0.4 is 21.3 Å². The van der Waals surface area contributed by atoms with Crippen LogP contribution in [0.15, 0.2) is 89.9 Å². The van der Waals surface area contributed by atoms with Crippen molar-refractivity contribution in [1.29, 1.82) is 0 Å². The molecule has 0 bridgehead atoms. The number of aromatic nitrogens is 2. The first-order valence-corrected chi connectivity index (χ1v) is 12.6. The average Bonchev–Trinajstić information content (AvgIpc) is 2.86. The van der Waals surface area contributed by atoms with Gasteiger partial charge in [0.05, 0.1) is 0 Å². The molecule has 0 unspecified atom stereocenters. The number of rotatable bonds is 7. The molecule has 0 saturated carbocycles. The van der Waals surface area contributed by atoms with E-state index in [1.165, 1.54) is 0 Å². The summed E-state index contributed by atoms with van der Waals surface area (Å²) in [6, 6.07) is 27.6. The second kappa shape index (κ2) is 12.8. The Morgan fingerprint density at radius 2 is 1.43 bits per heavy atom. The molecule has 0 aliphatic rings. The molecule has 4 N–H and O–H groups in total. The number of benzene rings is 3. The molecule has 4 rings (SSSR count). The SMILES string of the molecule is Cc1cc(C)nc(NC(=NCCc2ccc(Cl)cc2)NC(=S)Nc2ccc(Nc3ccccc3)cc2)n1. The number of nitrogens with zero attached hydrogens (tertiary/aromatic N) is 3. The molecule has 0 aliphatic heterocycles. The number of halogens is 1. The van der Waals surface area contributed by atoms with Gasteiger partial charge in [0.25, 0.3) is 0 Å². The summed E-state index contributed by atoms with van der Waals surface area (Å²) in [5, 5.41) is 14.0. The predicted molar refractivity (Wildman–Crippen MR) is 158 cm³/mol. The number of guanidine groups is 1. The van der Waals surface area contributed by atoms with Gasteiger partial charge in [0.2, 0.25) is 11.9 Å². The summed E-state index contributed by atoms with van der Waals surface area (Å²) in [7, 11) is 0. The van der Waals surface area contributed by atoms with Crippen molar-refractivity contribution in [1.82, 2.24) is 15.3 Å². The molecule has 0 spiro atoms. The zero-order valence-electron chi connectivity index (χ0n) is 20.6. The van der Waals surface area contributed by atoms with Crippen molar-refractivity contribution in [2.75, 3.05) is 22.5 Å². The van der Waals surface area contributed by atoms with E-state index in [-0.39, 0.29) is 0 Å². The van der Waals surface area contributed by atoms with Crippen molar-refractivity contribution >= 4 is 57.9 Å². The van der Waals surface area contributed by atoms with Crippen LogP contribution >= 0.6 is 23.8 Å². The highest BCUT2D eigenvalue weighted by molar-refractivity contribution is 7.80. The van der Waals surface area contributed by atoms with Crippen LogP contribution in [0.3, 0.4) is 0 Å². The summed E-state index contributed by atoms with van der Waals surface area (Å²) in [4.78, 5) is 13.6. The quantitative estimate of drug-likeness (QED) is 0.124. The van der Waals surface area contributed by atoms with Crippen molar-refractivity contribution in [3.05, 3.63) is 107 Å². The molecule has 0 saturated heterocycles. The van der Waals surface area contributed by atoms with E-state index in [4.69, 9.17) is 23.8 Å². The van der Waals surface area contributed by atoms with Gasteiger partial charge in [0, 0.05) is 40.0 Å². The Hall–Kier alpha value is -4.01. The fourth-order valence-corrected chi connectivity index (χ4v) is 3.88. The van der Waals surface area contributed by atoms with E-state index in [0.717, 1.165) is 40.4 Å². The lowest BCUT2D eigenvalue weighted by Gasteiger charge is -2.15. The van der Waals surface area contributed by atoms with E-state index in [1.54, 1.807) is 0 Å². The third kappa shape index (κ3) is 8.56. The molecule has 1 heterocycles. The molecule has 9 heteroatoms. The van der Waals surface area contributed by atoms with Crippen LogP contribution in [0, 0.1) is 13.8 Å². The number of aryl methyl sites for hydroxylation is 2. The Morgan fingerprint density at radius 1 is 0.811 bits per heavy atom. The maximum Gasteiger partial charge on any atom is 0.229 e. The molecule has 188 valence electrons. The fraction of sp³-hybridized carbons (Fsp3) is 0.143. The van der Waals surface area contributed by atoms with Crippen molar-refractivity contribution in [3.63, 3.8) is 0 Å². The second-order valence-electron chi connectivity index (χ2n) is 8.35. The first kappa shape index (κ1) is 26.1. The highest BCUT2D eigenvalue weighted by Gasteiger charge is 2.08. The van der Waals surface area contributed by atoms with Gasteiger partial charge >= 0.3 is 0 Å². The Labute approximate surface area is 227 Å². The fourth-order valence-electron chi connectivity index (χ4n) is 3.54. The number of anilines is 4. The van der Waals surface area contributed by atoms with Gasteiger partial charge < -0.3 is 16.0 Å². The average molecular weight is 530 g/mol. The number of hydrogen-bond acceptors (Lipinski definition) is 5. The summed E-state index contributed by atoms with van der Waals surface area (Å²) in [6.07, 6.45) is 0.744. The maximum atomic E-state index is 5.99. The zero-order chi connectivity index (χ0) is 26.0. The summed E-state index contributed by atoms with van der Waals surface area (Å²) in [5.74, 6) is 0.910. The summed E-state index contributed by atoms with van der Waals surface area (Å²) >= 11 is 11.6. The van der Waals surface area contributed by atoms with Crippen molar-refractivity contribution in [3.8, 4) is 0 Å². The first-order valence-electron chi connectivity index (χ1n) is 11.8. The van der Waals surface area contributed by atoms with Crippen LogP contribution in [-0.4, -0.2) is 27.6 Å². The van der Waals surface area contributed by atoms with Gasteiger partial charge in [-0.05, 0) is 92.6 Å². The Balaban J connectivity index is 1.41.